The third-order valence-electron chi connectivity index (χ3n) is 2.25. The number of rotatable bonds is 8. The molecule has 0 aliphatic carbocycles. The Bertz CT molecular complexity index is 608. The molecule has 112 valence electrons. The van der Waals surface area contributed by atoms with Gasteiger partial charge in [-0.3, -0.25) is 4.79 Å². The van der Waals surface area contributed by atoms with Crippen LogP contribution in [-0.4, -0.2) is 47.6 Å². The number of thiazole rings is 1. The summed E-state index contributed by atoms with van der Waals surface area (Å²) in [5.41, 5.74) is 5.31. The number of nitrogens with two attached hydrogens (primary N) is 1. The van der Waals surface area contributed by atoms with Gasteiger partial charge in [0.15, 0.2) is 14.2 Å². The van der Waals surface area contributed by atoms with Crippen molar-refractivity contribution in [2.45, 2.75) is 17.7 Å². The van der Waals surface area contributed by atoms with Gasteiger partial charge in [-0.2, -0.15) is 0 Å². The van der Waals surface area contributed by atoms with Crippen molar-refractivity contribution in [1.82, 2.24) is 4.98 Å². The van der Waals surface area contributed by atoms with E-state index in [9.17, 15) is 18.0 Å². The first-order chi connectivity index (χ1) is 9.21. The van der Waals surface area contributed by atoms with Gasteiger partial charge in [-0.1, -0.05) is 11.8 Å². The van der Waals surface area contributed by atoms with Gasteiger partial charge in [0.05, 0.1) is 17.2 Å². The molecule has 0 saturated heterocycles. The number of carbonyl (C=O) groups excluding carboxylic acids is 1. The minimum Gasteiger partial charge on any atom is -0.477 e. The second-order valence-corrected chi connectivity index (χ2v) is 8.56. The van der Waals surface area contributed by atoms with E-state index in [0.29, 0.717) is 10.0 Å². The summed E-state index contributed by atoms with van der Waals surface area (Å²) >= 11 is 2.20. The topological polar surface area (TPSA) is 127 Å². The highest BCUT2D eigenvalue weighted by Crippen LogP contribution is 2.27. The monoisotopic (exact) mass is 338 g/mol. The van der Waals surface area contributed by atoms with Gasteiger partial charge in [-0.15, -0.1) is 11.3 Å². The molecular formula is C10H14N2O5S3. The van der Waals surface area contributed by atoms with Crippen molar-refractivity contribution in [2.24, 2.45) is 5.73 Å². The van der Waals surface area contributed by atoms with Crippen LogP contribution in [0, 0.1) is 6.92 Å². The first-order valence-electron chi connectivity index (χ1n) is 5.53. The quantitative estimate of drug-likeness (QED) is 0.662. The molecular weight excluding hydrogens is 324 g/mol. The Kier molecular flexibility index (Phi) is 5.96. The van der Waals surface area contributed by atoms with Crippen molar-refractivity contribution >= 4 is 44.8 Å². The molecule has 20 heavy (non-hydrogen) atoms. The number of aryl methyl sites for hydroxylation is 1. The minimum absolute atomic E-state index is 0.105. The molecule has 0 fully saturated rings. The predicted molar refractivity (Wildman–Crippen MR) is 77.0 cm³/mol. The lowest BCUT2D eigenvalue weighted by Gasteiger charge is -2.01. The van der Waals surface area contributed by atoms with Crippen molar-refractivity contribution < 1.29 is 23.1 Å². The van der Waals surface area contributed by atoms with E-state index in [-0.39, 0.29) is 28.6 Å². The lowest BCUT2D eigenvalue weighted by molar-refractivity contribution is -0.117. The fourth-order valence-electron chi connectivity index (χ4n) is 1.25. The highest BCUT2D eigenvalue weighted by atomic mass is 32.2. The van der Waals surface area contributed by atoms with Crippen molar-refractivity contribution in [3.05, 3.63) is 10.6 Å². The van der Waals surface area contributed by atoms with Crippen molar-refractivity contribution in [3.63, 3.8) is 0 Å². The van der Waals surface area contributed by atoms with E-state index in [1.807, 2.05) is 0 Å². The molecule has 7 nitrogen and oxygen atoms in total. The molecule has 1 aromatic heterocycles. The Morgan fingerprint density at radius 3 is 2.55 bits per heavy atom. The Morgan fingerprint density at radius 1 is 1.40 bits per heavy atom. The zero-order chi connectivity index (χ0) is 15.3. The maximum Gasteiger partial charge on any atom is 0.347 e. The maximum absolute atomic E-state index is 11.6. The molecule has 3 N–H and O–H groups in total. The summed E-state index contributed by atoms with van der Waals surface area (Å²) in [4.78, 5) is 25.6. The number of sulfone groups is 1. The fourth-order valence-corrected chi connectivity index (χ4v) is 5.06. The average Bonchev–Trinajstić information content (AvgIpc) is 2.68. The van der Waals surface area contributed by atoms with Gasteiger partial charge >= 0.3 is 5.97 Å². The molecule has 1 aromatic rings. The molecule has 1 rings (SSSR count). The zero-order valence-corrected chi connectivity index (χ0v) is 13.1. The van der Waals surface area contributed by atoms with Gasteiger partial charge < -0.3 is 10.8 Å². The van der Waals surface area contributed by atoms with Crippen molar-refractivity contribution in [3.8, 4) is 0 Å². The molecule has 0 radical (unpaired) electrons. The van der Waals surface area contributed by atoms with Gasteiger partial charge in [0.2, 0.25) is 5.91 Å². The molecule has 0 spiro atoms. The molecule has 1 heterocycles. The standard InChI is InChI=1S/C10H14N2O5S3/c1-6-8(9(14)15)19-10(12-6)18-3-5-20(16,17)4-2-7(11)13/h2-5H2,1H3,(H2,11,13)(H,14,15). The maximum atomic E-state index is 11.6. The highest BCUT2D eigenvalue weighted by Gasteiger charge is 2.16. The highest BCUT2D eigenvalue weighted by molar-refractivity contribution is 8.02. The van der Waals surface area contributed by atoms with Gasteiger partial charge in [0.25, 0.3) is 0 Å². The van der Waals surface area contributed by atoms with E-state index >= 15 is 0 Å². The van der Waals surface area contributed by atoms with E-state index in [2.05, 4.69) is 4.98 Å². The Labute approximate surface area is 124 Å². The zero-order valence-electron chi connectivity index (χ0n) is 10.7. The average molecular weight is 338 g/mol. The second kappa shape index (κ2) is 7.04. The van der Waals surface area contributed by atoms with Gasteiger partial charge in [0, 0.05) is 12.2 Å². The molecule has 0 aromatic carbocycles. The summed E-state index contributed by atoms with van der Waals surface area (Å²) < 4.78 is 23.7. The molecule has 1 amide bonds. The third-order valence-corrected chi connectivity index (χ3v) is 6.45. The smallest absolute Gasteiger partial charge is 0.347 e. The number of carbonyl (C=O) groups is 2. The second-order valence-electron chi connectivity index (χ2n) is 3.92. The summed E-state index contributed by atoms with van der Waals surface area (Å²) in [7, 11) is -3.33. The van der Waals surface area contributed by atoms with Crippen LogP contribution in [-0.2, 0) is 14.6 Å². The Hall–Kier alpha value is -1.13. The SMILES string of the molecule is Cc1nc(SCCS(=O)(=O)CCC(N)=O)sc1C(=O)O. The number of carboxylic acid groups (broad SMARTS) is 1. The van der Waals surface area contributed by atoms with Crippen LogP contribution < -0.4 is 5.73 Å². The minimum atomic E-state index is -3.33. The Balaban J connectivity index is 2.50. The summed E-state index contributed by atoms with van der Waals surface area (Å²) in [5, 5.41) is 8.88. The van der Waals surface area contributed by atoms with Crippen molar-refractivity contribution in [2.75, 3.05) is 17.3 Å². The summed E-state index contributed by atoms with van der Waals surface area (Å²) in [6.07, 6.45) is -0.188. The summed E-state index contributed by atoms with van der Waals surface area (Å²) in [6, 6.07) is 0. The predicted octanol–water partition coefficient (Wildman–Crippen LogP) is 0.532. The lowest BCUT2D eigenvalue weighted by atomic mass is 10.4. The number of amides is 1. The van der Waals surface area contributed by atoms with E-state index in [1.165, 1.54) is 11.8 Å². The number of carboxylic acids is 1. The fraction of sp³-hybridized carbons (Fsp3) is 0.500. The normalized spacial score (nSPS) is 11.4. The molecule has 0 atom stereocenters. The van der Waals surface area contributed by atoms with Crippen LogP contribution in [0.2, 0.25) is 0 Å². The number of primary amides is 1. The largest absolute Gasteiger partial charge is 0.477 e. The van der Waals surface area contributed by atoms with Gasteiger partial charge in [-0.25, -0.2) is 18.2 Å². The summed E-state index contributed by atoms with van der Waals surface area (Å²) in [6.45, 7) is 1.59. The number of aromatic carboxylic acids is 1. The number of hydrogen-bond donors (Lipinski definition) is 2. The van der Waals surface area contributed by atoms with Gasteiger partial charge in [-0.05, 0) is 6.92 Å². The molecule has 0 aliphatic heterocycles. The number of thioether (sulfide) groups is 1. The van der Waals surface area contributed by atoms with Crippen LogP contribution in [0.1, 0.15) is 21.8 Å². The van der Waals surface area contributed by atoms with Crippen LogP contribution in [0.3, 0.4) is 0 Å². The molecule has 10 heteroatoms. The van der Waals surface area contributed by atoms with E-state index in [4.69, 9.17) is 10.8 Å². The van der Waals surface area contributed by atoms with Crippen LogP contribution in [0.5, 0.6) is 0 Å². The molecule has 0 bridgehead atoms. The molecule has 0 unspecified atom stereocenters. The molecule has 0 aliphatic rings. The first kappa shape index (κ1) is 16.9. The number of hydrogen-bond acceptors (Lipinski definition) is 7. The van der Waals surface area contributed by atoms with Crippen LogP contribution in [0.4, 0.5) is 0 Å². The number of nitrogens with zero attached hydrogens (tertiary/aromatic N) is 1. The van der Waals surface area contributed by atoms with Crippen LogP contribution in [0.15, 0.2) is 4.34 Å². The third kappa shape index (κ3) is 5.47. The van der Waals surface area contributed by atoms with E-state index in [0.717, 1.165) is 11.3 Å². The Morgan fingerprint density at radius 2 is 2.05 bits per heavy atom. The number of aromatic nitrogens is 1. The van der Waals surface area contributed by atoms with Gasteiger partial charge in [0.1, 0.15) is 4.88 Å². The van der Waals surface area contributed by atoms with E-state index < -0.39 is 21.7 Å². The van der Waals surface area contributed by atoms with Crippen LogP contribution >= 0.6 is 23.1 Å². The van der Waals surface area contributed by atoms with Crippen molar-refractivity contribution in [1.29, 1.82) is 0 Å². The first-order valence-corrected chi connectivity index (χ1v) is 9.16. The lowest BCUT2D eigenvalue weighted by Crippen LogP contribution is -2.19. The van der Waals surface area contributed by atoms with E-state index in [1.54, 1.807) is 6.92 Å². The molecule has 0 saturated carbocycles. The van der Waals surface area contributed by atoms with Crippen LogP contribution in [0.25, 0.3) is 0 Å². The summed E-state index contributed by atoms with van der Waals surface area (Å²) in [5.74, 6) is -1.80.